The highest BCUT2D eigenvalue weighted by atomic mass is 16.5. The van der Waals surface area contributed by atoms with Crippen molar-refractivity contribution in [3.05, 3.63) is 11.8 Å². The zero-order chi connectivity index (χ0) is 11.2. The molecule has 2 nitrogen and oxygen atoms in total. The zero-order valence-corrected chi connectivity index (χ0v) is 9.91. The molecule has 0 spiro atoms. The molecule has 4 aliphatic rings. The van der Waals surface area contributed by atoms with Crippen LogP contribution in [0.2, 0.25) is 0 Å². The smallest absolute Gasteiger partial charge is 0.109 e. The van der Waals surface area contributed by atoms with E-state index in [1.54, 1.807) is 6.08 Å². The van der Waals surface area contributed by atoms with Crippen molar-refractivity contribution in [2.45, 2.75) is 51.0 Å². The third-order valence-electron chi connectivity index (χ3n) is 4.63. The molecule has 0 radical (unpaired) electrons. The second-order valence-corrected chi connectivity index (χ2v) is 6.09. The van der Waals surface area contributed by atoms with Gasteiger partial charge in [-0.05, 0) is 63.2 Å². The molecule has 0 atom stereocenters. The van der Waals surface area contributed by atoms with Crippen LogP contribution in [0.4, 0.5) is 0 Å². The maximum atomic E-state index is 8.64. The Kier molecular flexibility index (Phi) is 2.24. The minimum Gasteiger partial charge on any atom is -0.491 e. The molecular formula is C14H19NO. The molecule has 0 amide bonds. The molecule has 4 fully saturated rings. The largest absolute Gasteiger partial charge is 0.491 e. The van der Waals surface area contributed by atoms with Crippen LogP contribution >= 0.6 is 0 Å². The van der Waals surface area contributed by atoms with Gasteiger partial charge in [0.15, 0.2) is 0 Å². The number of hydrogen-bond acceptors (Lipinski definition) is 2. The van der Waals surface area contributed by atoms with E-state index in [1.165, 1.54) is 38.5 Å². The van der Waals surface area contributed by atoms with E-state index in [0.717, 1.165) is 23.5 Å². The minimum absolute atomic E-state index is 0.103. The van der Waals surface area contributed by atoms with Gasteiger partial charge in [-0.1, -0.05) is 0 Å². The number of allylic oxidation sites excluding steroid dienone is 2. The Morgan fingerprint density at radius 1 is 1.19 bits per heavy atom. The van der Waals surface area contributed by atoms with Gasteiger partial charge in [-0.15, -0.1) is 0 Å². The highest BCUT2D eigenvalue weighted by Gasteiger charge is 2.52. The molecule has 2 heteroatoms. The van der Waals surface area contributed by atoms with Gasteiger partial charge in [0.1, 0.15) is 11.4 Å². The van der Waals surface area contributed by atoms with Gasteiger partial charge in [0.05, 0.1) is 12.1 Å². The molecule has 0 aromatic carbocycles. The van der Waals surface area contributed by atoms with Gasteiger partial charge >= 0.3 is 0 Å². The molecule has 4 aliphatic carbocycles. The first-order valence-corrected chi connectivity index (χ1v) is 6.44. The van der Waals surface area contributed by atoms with Gasteiger partial charge in [-0.2, -0.15) is 5.26 Å². The first-order chi connectivity index (χ1) is 7.69. The van der Waals surface area contributed by atoms with E-state index in [2.05, 4.69) is 6.07 Å². The van der Waals surface area contributed by atoms with Crippen LogP contribution in [-0.4, -0.2) is 5.60 Å². The number of hydrogen-bond donors (Lipinski definition) is 0. The van der Waals surface area contributed by atoms with Gasteiger partial charge in [0.2, 0.25) is 0 Å². The van der Waals surface area contributed by atoms with Crippen LogP contribution < -0.4 is 0 Å². The second kappa shape index (κ2) is 3.52. The SMILES string of the molecule is C/C(=C\C#N)OC12CC3CC(CC(C3)C1)C2. The summed E-state index contributed by atoms with van der Waals surface area (Å²) in [4.78, 5) is 0. The molecule has 0 unspecified atom stereocenters. The van der Waals surface area contributed by atoms with Crippen molar-refractivity contribution in [3.8, 4) is 6.07 Å². The summed E-state index contributed by atoms with van der Waals surface area (Å²) in [5.74, 6) is 3.52. The van der Waals surface area contributed by atoms with E-state index in [4.69, 9.17) is 10.00 Å². The molecule has 0 saturated heterocycles. The predicted octanol–water partition coefficient (Wildman–Crippen LogP) is 3.40. The van der Waals surface area contributed by atoms with Crippen LogP contribution in [0.25, 0.3) is 0 Å². The summed E-state index contributed by atoms with van der Waals surface area (Å²) >= 11 is 0. The summed E-state index contributed by atoms with van der Waals surface area (Å²) in [7, 11) is 0. The number of ether oxygens (including phenoxy) is 1. The Hall–Kier alpha value is -0.970. The molecule has 0 N–H and O–H groups in total. The lowest BCUT2D eigenvalue weighted by molar-refractivity contribution is -0.138. The predicted molar refractivity (Wildman–Crippen MR) is 61.4 cm³/mol. The van der Waals surface area contributed by atoms with Crippen LogP contribution in [0.3, 0.4) is 0 Å². The standard InChI is InChI=1S/C14H19NO/c1-10(2-3-15)16-14-7-11-4-12(8-14)6-13(5-11)9-14/h2,11-13H,4-9H2,1H3/b10-2+. The number of nitrogens with zero attached hydrogens (tertiary/aromatic N) is 1. The quantitative estimate of drug-likeness (QED) is 0.524. The van der Waals surface area contributed by atoms with Crippen molar-refractivity contribution in [3.63, 3.8) is 0 Å². The van der Waals surface area contributed by atoms with Gasteiger partial charge in [0, 0.05) is 0 Å². The lowest BCUT2D eigenvalue weighted by Gasteiger charge is -2.56. The van der Waals surface area contributed by atoms with Crippen molar-refractivity contribution in [1.29, 1.82) is 5.26 Å². The van der Waals surface area contributed by atoms with Crippen LogP contribution in [-0.2, 0) is 4.74 Å². The fraction of sp³-hybridized carbons (Fsp3) is 0.786. The van der Waals surface area contributed by atoms with Gasteiger partial charge in [0.25, 0.3) is 0 Å². The minimum atomic E-state index is 0.103. The number of rotatable bonds is 2. The van der Waals surface area contributed by atoms with Crippen LogP contribution in [0.1, 0.15) is 45.4 Å². The molecule has 0 heterocycles. The Morgan fingerprint density at radius 2 is 1.69 bits per heavy atom. The lowest BCUT2D eigenvalue weighted by Crippen LogP contribution is -2.51. The lowest BCUT2D eigenvalue weighted by atomic mass is 9.54. The van der Waals surface area contributed by atoms with E-state index in [-0.39, 0.29) is 5.60 Å². The van der Waals surface area contributed by atoms with E-state index < -0.39 is 0 Å². The van der Waals surface area contributed by atoms with Crippen LogP contribution in [0.5, 0.6) is 0 Å². The Morgan fingerprint density at radius 3 is 2.12 bits per heavy atom. The van der Waals surface area contributed by atoms with Gasteiger partial charge in [-0.3, -0.25) is 0 Å². The monoisotopic (exact) mass is 217 g/mol. The summed E-state index contributed by atoms with van der Waals surface area (Å²) in [6.07, 6.45) is 9.54. The number of nitriles is 1. The topological polar surface area (TPSA) is 33.0 Å². The molecule has 0 aromatic rings. The van der Waals surface area contributed by atoms with Crippen LogP contribution in [0, 0.1) is 29.1 Å². The van der Waals surface area contributed by atoms with E-state index in [0.29, 0.717) is 0 Å². The van der Waals surface area contributed by atoms with E-state index in [1.807, 2.05) is 6.92 Å². The van der Waals surface area contributed by atoms with Crippen molar-refractivity contribution in [2.75, 3.05) is 0 Å². The summed E-state index contributed by atoms with van der Waals surface area (Å²) in [6.45, 7) is 1.92. The molecular weight excluding hydrogens is 198 g/mol. The molecule has 0 aliphatic heterocycles. The highest BCUT2D eigenvalue weighted by Crippen LogP contribution is 2.57. The van der Waals surface area contributed by atoms with Crippen molar-refractivity contribution < 1.29 is 4.74 Å². The molecule has 4 saturated carbocycles. The average molecular weight is 217 g/mol. The van der Waals surface area contributed by atoms with Crippen molar-refractivity contribution >= 4 is 0 Å². The van der Waals surface area contributed by atoms with Crippen molar-refractivity contribution in [2.24, 2.45) is 17.8 Å². The van der Waals surface area contributed by atoms with Gasteiger partial charge < -0.3 is 4.74 Å². The summed E-state index contributed by atoms with van der Waals surface area (Å²) < 4.78 is 6.13. The molecule has 4 bridgehead atoms. The maximum absolute atomic E-state index is 8.64. The first-order valence-electron chi connectivity index (χ1n) is 6.44. The second-order valence-electron chi connectivity index (χ2n) is 6.09. The Bertz CT molecular complexity index is 328. The van der Waals surface area contributed by atoms with E-state index in [9.17, 15) is 0 Å². The summed E-state index contributed by atoms with van der Waals surface area (Å²) in [5.41, 5.74) is 0.103. The van der Waals surface area contributed by atoms with Gasteiger partial charge in [-0.25, -0.2) is 0 Å². The molecule has 86 valence electrons. The maximum Gasteiger partial charge on any atom is 0.109 e. The fourth-order valence-corrected chi connectivity index (χ4v) is 4.62. The summed E-state index contributed by atoms with van der Waals surface area (Å²) in [5, 5.41) is 8.64. The molecule has 0 aromatic heterocycles. The molecule has 16 heavy (non-hydrogen) atoms. The zero-order valence-electron chi connectivity index (χ0n) is 9.91. The third-order valence-corrected chi connectivity index (χ3v) is 4.63. The average Bonchev–Trinajstić information content (AvgIpc) is 2.13. The van der Waals surface area contributed by atoms with Crippen LogP contribution in [0.15, 0.2) is 11.8 Å². The fourth-order valence-electron chi connectivity index (χ4n) is 4.62. The van der Waals surface area contributed by atoms with Crippen molar-refractivity contribution in [1.82, 2.24) is 0 Å². The Labute approximate surface area is 97.3 Å². The molecule has 4 rings (SSSR count). The third kappa shape index (κ3) is 1.63. The Balaban J connectivity index is 1.79. The first kappa shape index (κ1) is 10.2. The summed E-state index contributed by atoms with van der Waals surface area (Å²) in [6, 6.07) is 2.06. The normalized spacial score (nSPS) is 45.5. The highest BCUT2D eigenvalue weighted by molar-refractivity contribution is 5.10. The van der Waals surface area contributed by atoms with E-state index >= 15 is 0 Å².